The zero-order valence-electron chi connectivity index (χ0n) is 13.9. The normalized spacial score (nSPS) is 15.5. The first-order chi connectivity index (χ1) is 11.7. The first-order valence-corrected chi connectivity index (χ1v) is 8.23. The number of benzene rings is 1. The molecule has 24 heavy (non-hydrogen) atoms. The molecule has 0 aliphatic carbocycles. The number of nitrogens with zero attached hydrogens (tertiary/aromatic N) is 4. The fourth-order valence-corrected chi connectivity index (χ4v) is 2.71. The second kappa shape index (κ2) is 7.89. The highest BCUT2D eigenvalue weighted by molar-refractivity contribution is 5.37. The summed E-state index contributed by atoms with van der Waals surface area (Å²) in [6, 6.07) is 10.3. The fraction of sp³-hybridized carbons (Fsp3) is 0.368. The van der Waals surface area contributed by atoms with E-state index in [9.17, 15) is 4.39 Å². The summed E-state index contributed by atoms with van der Waals surface area (Å²) < 4.78 is 12.9. The van der Waals surface area contributed by atoms with Crippen LogP contribution in [0, 0.1) is 24.6 Å². The van der Waals surface area contributed by atoms with Crippen LogP contribution in [0.2, 0.25) is 0 Å². The Morgan fingerprint density at radius 3 is 2.58 bits per heavy atom. The molecule has 1 aromatic heterocycles. The van der Waals surface area contributed by atoms with E-state index in [4.69, 9.17) is 0 Å². The second-order valence-corrected chi connectivity index (χ2v) is 5.96. The highest BCUT2D eigenvalue weighted by Crippen LogP contribution is 2.12. The summed E-state index contributed by atoms with van der Waals surface area (Å²) in [7, 11) is 0. The molecule has 1 aliphatic heterocycles. The summed E-state index contributed by atoms with van der Waals surface area (Å²) in [5, 5.41) is 8.42. The molecule has 124 valence electrons. The standard InChI is InChI=1S/C19H21FN4/c1-16-5-10-19(22-21-16)24-13-3-12-23(14-15-24)11-2-4-17-6-8-18(20)9-7-17/h5-10H,3,11-15H2,1H3. The van der Waals surface area contributed by atoms with Gasteiger partial charge in [0.1, 0.15) is 5.82 Å². The van der Waals surface area contributed by atoms with Gasteiger partial charge in [0.15, 0.2) is 5.82 Å². The number of hydrogen-bond acceptors (Lipinski definition) is 4. The van der Waals surface area contributed by atoms with Crippen LogP contribution >= 0.6 is 0 Å². The molecule has 4 nitrogen and oxygen atoms in total. The first kappa shape index (κ1) is 16.4. The summed E-state index contributed by atoms with van der Waals surface area (Å²) in [5.41, 5.74) is 1.79. The lowest BCUT2D eigenvalue weighted by molar-refractivity contribution is 0.330. The van der Waals surface area contributed by atoms with Crippen molar-refractivity contribution in [1.82, 2.24) is 15.1 Å². The maximum absolute atomic E-state index is 12.9. The van der Waals surface area contributed by atoms with Gasteiger partial charge in [0.05, 0.1) is 12.2 Å². The van der Waals surface area contributed by atoms with E-state index in [1.165, 1.54) is 12.1 Å². The Kier molecular flexibility index (Phi) is 5.39. The zero-order valence-corrected chi connectivity index (χ0v) is 13.9. The Balaban J connectivity index is 1.54. The van der Waals surface area contributed by atoms with Crippen molar-refractivity contribution < 1.29 is 4.39 Å². The molecule has 0 atom stereocenters. The molecule has 1 saturated heterocycles. The molecular weight excluding hydrogens is 303 g/mol. The molecule has 2 heterocycles. The molecule has 0 amide bonds. The lowest BCUT2D eigenvalue weighted by Gasteiger charge is -2.21. The lowest BCUT2D eigenvalue weighted by Crippen LogP contribution is -2.31. The number of rotatable bonds is 2. The Bertz CT molecular complexity index is 716. The molecule has 0 spiro atoms. The Labute approximate surface area is 142 Å². The van der Waals surface area contributed by atoms with Gasteiger partial charge in [-0.15, -0.1) is 5.10 Å². The molecular formula is C19H21FN4. The predicted octanol–water partition coefficient (Wildman–Crippen LogP) is 2.49. The van der Waals surface area contributed by atoms with Crippen molar-refractivity contribution in [2.75, 3.05) is 37.6 Å². The monoisotopic (exact) mass is 324 g/mol. The van der Waals surface area contributed by atoms with Crippen LogP contribution in [0.5, 0.6) is 0 Å². The zero-order chi connectivity index (χ0) is 16.8. The average molecular weight is 324 g/mol. The summed E-state index contributed by atoms with van der Waals surface area (Å²) >= 11 is 0. The van der Waals surface area contributed by atoms with Crippen molar-refractivity contribution in [3.63, 3.8) is 0 Å². The molecule has 0 bridgehead atoms. The molecule has 3 rings (SSSR count). The van der Waals surface area contributed by atoms with E-state index in [1.54, 1.807) is 12.1 Å². The Morgan fingerprint density at radius 1 is 1.00 bits per heavy atom. The van der Waals surface area contributed by atoms with Gasteiger partial charge in [-0.2, -0.15) is 5.10 Å². The van der Waals surface area contributed by atoms with Crippen LogP contribution in [0.1, 0.15) is 17.7 Å². The highest BCUT2D eigenvalue weighted by Gasteiger charge is 2.15. The van der Waals surface area contributed by atoms with Crippen molar-refractivity contribution in [3.8, 4) is 11.8 Å². The van der Waals surface area contributed by atoms with Gasteiger partial charge in [0.2, 0.25) is 0 Å². The number of aryl methyl sites for hydroxylation is 1. The second-order valence-electron chi connectivity index (χ2n) is 5.96. The molecule has 1 aliphatic rings. The minimum atomic E-state index is -0.229. The van der Waals surface area contributed by atoms with Crippen LogP contribution in [0.4, 0.5) is 10.2 Å². The smallest absolute Gasteiger partial charge is 0.151 e. The molecule has 1 fully saturated rings. The van der Waals surface area contributed by atoms with Crippen molar-refractivity contribution >= 4 is 5.82 Å². The highest BCUT2D eigenvalue weighted by atomic mass is 19.1. The van der Waals surface area contributed by atoms with Gasteiger partial charge in [-0.05, 0) is 49.7 Å². The molecule has 2 aromatic rings. The van der Waals surface area contributed by atoms with Gasteiger partial charge in [-0.1, -0.05) is 11.8 Å². The molecule has 0 unspecified atom stereocenters. The van der Waals surface area contributed by atoms with Crippen LogP contribution in [-0.2, 0) is 0 Å². The van der Waals surface area contributed by atoms with Crippen molar-refractivity contribution in [1.29, 1.82) is 0 Å². The van der Waals surface area contributed by atoms with Crippen molar-refractivity contribution in [2.24, 2.45) is 0 Å². The summed E-state index contributed by atoms with van der Waals surface area (Å²) in [6.45, 7) is 6.56. The van der Waals surface area contributed by atoms with E-state index < -0.39 is 0 Å². The first-order valence-electron chi connectivity index (χ1n) is 8.23. The van der Waals surface area contributed by atoms with Gasteiger partial charge < -0.3 is 4.90 Å². The van der Waals surface area contributed by atoms with E-state index in [0.717, 1.165) is 56.2 Å². The van der Waals surface area contributed by atoms with E-state index in [2.05, 4.69) is 31.8 Å². The van der Waals surface area contributed by atoms with E-state index in [1.807, 2.05) is 19.1 Å². The Morgan fingerprint density at radius 2 is 1.83 bits per heavy atom. The summed E-state index contributed by atoms with van der Waals surface area (Å²) in [6.07, 6.45) is 1.08. The average Bonchev–Trinajstić information content (AvgIpc) is 2.83. The maximum atomic E-state index is 12.9. The van der Waals surface area contributed by atoms with E-state index in [0.29, 0.717) is 0 Å². The molecule has 0 saturated carbocycles. The number of aromatic nitrogens is 2. The minimum Gasteiger partial charge on any atom is -0.354 e. The van der Waals surface area contributed by atoms with Gasteiger partial charge in [0.25, 0.3) is 0 Å². The topological polar surface area (TPSA) is 32.3 Å². The van der Waals surface area contributed by atoms with Gasteiger partial charge in [0, 0.05) is 31.7 Å². The fourth-order valence-electron chi connectivity index (χ4n) is 2.71. The van der Waals surface area contributed by atoms with Gasteiger partial charge in [-0.25, -0.2) is 4.39 Å². The maximum Gasteiger partial charge on any atom is 0.151 e. The van der Waals surface area contributed by atoms with E-state index in [-0.39, 0.29) is 5.82 Å². The third kappa shape index (κ3) is 4.53. The van der Waals surface area contributed by atoms with Crippen molar-refractivity contribution in [3.05, 3.63) is 53.5 Å². The quantitative estimate of drug-likeness (QED) is 0.795. The van der Waals surface area contributed by atoms with Crippen LogP contribution in [0.15, 0.2) is 36.4 Å². The molecule has 5 heteroatoms. The minimum absolute atomic E-state index is 0.229. The van der Waals surface area contributed by atoms with Crippen LogP contribution in [-0.4, -0.2) is 47.8 Å². The number of halogens is 1. The van der Waals surface area contributed by atoms with Crippen LogP contribution < -0.4 is 4.90 Å². The largest absolute Gasteiger partial charge is 0.354 e. The van der Waals surface area contributed by atoms with Gasteiger partial charge >= 0.3 is 0 Å². The van der Waals surface area contributed by atoms with Crippen LogP contribution in [0.25, 0.3) is 0 Å². The van der Waals surface area contributed by atoms with Gasteiger partial charge in [-0.3, -0.25) is 4.90 Å². The van der Waals surface area contributed by atoms with Crippen LogP contribution in [0.3, 0.4) is 0 Å². The third-order valence-corrected chi connectivity index (χ3v) is 4.08. The Hall–Kier alpha value is -2.45. The van der Waals surface area contributed by atoms with E-state index >= 15 is 0 Å². The summed E-state index contributed by atoms with van der Waals surface area (Å²) in [5.74, 6) is 7.00. The molecule has 0 radical (unpaired) electrons. The molecule has 1 aromatic carbocycles. The third-order valence-electron chi connectivity index (χ3n) is 4.08. The summed E-state index contributed by atoms with van der Waals surface area (Å²) in [4.78, 5) is 4.62. The number of anilines is 1. The number of hydrogen-bond donors (Lipinski definition) is 0. The SMILES string of the molecule is Cc1ccc(N2CCCN(CC#Cc3ccc(F)cc3)CC2)nn1. The molecule has 0 N–H and O–H groups in total. The van der Waals surface area contributed by atoms with Crippen molar-refractivity contribution in [2.45, 2.75) is 13.3 Å². The predicted molar refractivity (Wildman–Crippen MR) is 93.3 cm³/mol. The lowest BCUT2D eigenvalue weighted by atomic mass is 10.2.